The summed E-state index contributed by atoms with van der Waals surface area (Å²) in [6.45, 7) is 14.3. The summed E-state index contributed by atoms with van der Waals surface area (Å²) in [7, 11) is 0. The number of nitrogens with zero attached hydrogens (tertiary/aromatic N) is 3. The molecule has 1 spiro atoms. The van der Waals surface area contributed by atoms with Crippen LogP contribution in [0.15, 0.2) is 98.1 Å². The lowest BCUT2D eigenvalue weighted by Gasteiger charge is -2.41. The average Bonchev–Trinajstić information content (AvgIpc) is 3.67. The highest BCUT2D eigenvalue weighted by molar-refractivity contribution is 6.06. The molecule has 8 nitrogen and oxygen atoms in total. The Morgan fingerprint density at radius 2 is 1.69 bits per heavy atom. The van der Waals surface area contributed by atoms with Gasteiger partial charge in [0.15, 0.2) is 0 Å². The largest absolute Gasteiger partial charge is 0.394 e. The Morgan fingerprint density at radius 3 is 2.35 bits per heavy atom. The third kappa shape index (κ3) is 5.45. The molecular weight excluding hydrogens is 602 g/mol. The summed E-state index contributed by atoms with van der Waals surface area (Å²) in [4.78, 5) is 49.8. The van der Waals surface area contributed by atoms with Crippen molar-refractivity contribution in [3.05, 3.63) is 104 Å². The standard InChI is InChI=1S/C40H47N3O5/c1-6-22-41(25-28-14-10-9-11-15-28)36(45)33-34-37(46)43(32(26-44)27(4)8-3)35(40(34)21-20-39(33,5)48-40)38(47)42(23-7-2)31-19-18-29-16-12-13-17-30(29)24-31/h6-7,9-19,24,27,32-35,44H,1-2,8,20-23,25-26H2,3-5H3/t27-,32-,33-,34-,35?,39+,40?/m0/s1. The third-order valence-electron chi connectivity index (χ3n) is 11.1. The molecule has 3 fully saturated rings. The Morgan fingerprint density at radius 1 is 1.00 bits per heavy atom. The summed E-state index contributed by atoms with van der Waals surface area (Å²) in [5.41, 5.74) is -0.513. The Kier molecular flexibility index (Phi) is 9.33. The van der Waals surface area contributed by atoms with Crippen LogP contribution >= 0.6 is 0 Å². The molecule has 1 N–H and O–H groups in total. The zero-order chi connectivity index (χ0) is 34.2. The molecule has 0 aromatic heterocycles. The molecule has 3 aliphatic heterocycles. The molecule has 252 valence electrons. The first kappa shape index (κ1) is 33.6. The van der Waals surface area contributed by atoms with E-state index < -0.39 is 35.1 Å². The lowest BCUT2D eigenvalue weighted by molar-refractivity contribution is -0.153. The highest BCUT2D eigenvalue weighted by atomic mass is 16.5. The fraction of sp³-hybridized carbons (Fsp3) is 0.425. The zero-order valence-corrected chi connectivity index (χ0v) is 28.3. The summed E-state index contributed by atoms with van der Waals surface area (Å²) in [5, 5.41) is 12.8. The van der Waals surface area contributed by atoms with Gasteiger partial charge in [0.25, 0.3) is 5.91 Å². The molecule has 6 rings (SSSR count). The number of benzene rings is 3. The van der Waals surface area contributed by atoms with Crippen molar-refractivity contribution in [2.45, 2.75) is 69.9 Å². The van der Waals surface area contributed by atoms with Crippen LogP contribution in [0, 0.1) is 17.8 Å². The summed E-state index contributed by atoms with van der Waals surface area (Å²) < 4.78 is 6.97. The third-order valence-corrected chi connectivity index (χ3v) is 11.1. The monoisotopic (exact) mass is 649 g/mol. The maximum Gasteiger partial charge on any atom is 0.253 e. The second-order valence-corrected chi connectivity index (χ2v) is 13.9. The van der Waals surface area contributed by atoms with Crippen LogP contribution in [-0.4, -0.2) is 75.6 Å². The van der Waals surface area contributed by atoms with Crippen LogP contribution in [0.5, 0.6) is 0 Å². The molecule has 0 radical (unpaired) electrons. The van der Waals surface area contributed by atoms with Crippen LogP contribution in [0.2, 0.25) is 0 Å². The highest BCUT2D eigenvalue weighted by Crippen LogP contribution is 2.64. The molecule has 3 saturated heterocycles. The molecule has 3 amide bonds. The fourth-order valence-corrected chi connectivity index (χ4v) is 8.52. The van der Waals surface area contributed by atoms with Gasteiger partial charge in [0.05, 0.1) is 30.1 Å². The van der Waals surface area contributed by atoms with E-state index in [4.69, 9.17) is 4.74 Å². The van der Waals surface area contributed by atoms with Crippen LogP contribution in [-0.2, 0) is 25.7 Å². The van der Waals surface area contributed by atoms with Gasteiger partial charge in [-0.3, -0.25) is 14.4 Å². The molecule has 3 aromatic carbocycles. The van der Waals surface area contributed by atoms with Gasteiger partial charge in [0.1, 0.15) is 11.6 Å². The van der Waals surface area contributed by atoms with Gasteiger partial charge in [0.2, 0.25) is 11.8 Å². The lowest BCUT2D eigenvalue weighted by atomic mass is 9.66. The number of hydrogen-bond acceptors (Lipinski definition) is 5. The summed E-state index contributed by atoms with van der Waals surface area (Å²) >= 11 is 0. The van der Waals surface area contributed by atoms with E-state index in [9.17, 15) is 14.7 Å². The van der Waals surface area contributed by atoms with Gasteiger partial charge in [-0.2, -0.15) is 0 Å². The van der Waals surface area contributed by atoms with E-state index in [2.05, 4.69) is 13.2 Å². The van der Waals surface area contributed by atoms with Gasteiger partial charge < -0.3 is 24.5 Å². The van der Waals surface area contributed by atoms with Gasteiger partial charge in [-0.1, -0.05) is 93.1 Å². The predicted molar refractivity (Wildman–Crippen MR) is 188 cm³/mol. The summed E-state index contributed by atoms with van der Waals surface area (Å²) in [6, 6.07) is 21.9. The number of hydrogen-bond donors (Lipinski definition) is 1. The number of carbonyl (C=O) groups excluding carboxylic acids is 3. The quantitative estimate of drug-likeness (QED) is 0.239. The number of anilines is 1. The molecule has 3 aliphatic rings. The molecule has 48 heavy (non-hydrogen) atoms. The second kappa shape index (κ2) is 13.3. The molecule has 8 heteroatoms. The van der Waals surface area contributed by atoms with Gasteiger partial charge in [-0.25, -0.2) is 0 Å². The van der Waals surface area contributed by atoms with E-state index in [1.807, 2.05) is 93.6 Å². The Labute approximate surface area is 283 Å². The Balaban J connectivity index is 1.45. The number of aliphatic hydroxyl groups is 1. The van der Waals surface area contributed by atoms with Crippen molar-refractivity contribution in [2.75, 3.05) is 24.6 Å². The molecule has 2 bridgehead atoms. The minimum atomic E-state index is -1.23. The summed E-state index contributed by atoms with van der Waals surface area (Å²) in [6.07, 6.45) is 5.06. The van der Waals surface area contributed by atoms with E-state index in [1.165, 1.54) is 0 Å². The molecule has 7 atom stereocenters. The van der Waals surface area contributed by atoms with E-state index >= 15 is 4.79 Å². The van der Waals surface area contributed by atoms with Crippen LogP contribution in [0.4, 0.5) is 5.69 Å². The average molecular weight is 650 g/mol. The number of likely N-dealkylation sites (tertiary alicyclic amines) is 1. The maximum atomic E-state index is 15.2. The second-order valence-electron chi connectivity index (χ2n) is 13.9. The minimum Gasteiger partial charge on any atom is -0.394 e. The lowest BCUT2D eigenvalue weighted by Crippen LogP contribution is -2.60. The summed E-state index contributed by atoms with van der Waals surface area (Å²) in [5.74, 6) is -2.56. The molecule has 0 saturated carbocycles. The van der Waals surface area contributed by atoms with Crippen molar-refractivity contribution in [3.8, 4) is 0 Å². The Hall–Kier alpha value is -4.27. The molecule has 0 aliphatic carbocycles. The van der Waals surface area contributed by atoms with Crippen molar-refractivity contribution in [1.29, 1.82) is 0 Å². The van der Waals surface area contributed by atoms with Gasteiger partial charge in [-0.05, 0) is 54.2 Å². The molecule has 3 heterocycles. The predicted octanol–water partition coefficient (Wildman–Crippen LogP) is 5.75. The fourth-order valence-electron chi connectivity index (χ4n) is 8.52. The normalized spacial score (nSPS) is 27.0. The molecular formula is C40H47N3O5. The highest BCUT2D eigenvalue weighted by Gasteiger charge is 2.79. The number of amides is 3. The topological polar surface area (TPSA) is 90.4 Å². The van der Waals surface area contributed by atoms with Crippen molar-refractivity contribution in [1.82, 2.24) is 9.80 Å². The van der Waals surface area contributed by atoms with E-state index in [0.717, 1.165) is 16.3 Å². The number of fused-ring (bicyclic) bond motifs is 2. The van der Waals surface area contributed by atoms with Crippen molar-refractivity contribution >= 4 is 34.2 Å². The van der Waals surface area contributed by atoms with Crippen molar-refractivity contribution in [2.24, 2.45) is 17.8 Å². The van der Waals surface area contributed by atoms with Crippen LogP contribution in [0.3, 0.4) is 0 Å². The maximum absolute atomic E-state index is 15.2. The van der Waals surface area contributed by atoms with Crippen LogP contribution < -0.4 is 4.90 Å². The first-order chi connectivity index (χ1) is 23.1. The first-order valence-corrected chi connectivity index (χ1v) is 17.1. The number of ether oxygens (including phenoxy) is 1. The van der Waals surface area contributed by atoms with E-state index in [0.29, 0.717) is 38.0 Å². The van der Waals surface area contributed by atoms with Crippen LogP contribution in [0.25, 0.3) is 10.8 Å². The minimum absolute atomic E-state index is 0.102. The van der Waals surface area contributed by atoms with Crippen molar-refractivity contribution < 1.29 is 24.2 Å². The number of aliphatic hydroxyl groups excluding tert-OH is 1. The molecule has 2 unspecified atom stereocenters. The van der Waals surface area contributed by atoms with Crippen LogP contribution in [0.1, 0.15) is 45.6 Å². The number of carbonyl (C=O) groups is 3. The SMILES string of the molecule is C=CCN(Cc1ccccc1)C(=O)[C@@H]1[C@H]2C(=O)N([C@@H](CO)[C@@H](C)CC)C(C(=O)N(CC=C)c3ccc4ccccc4c3)C23CC[C@@]1(C)O3. The Bertz CT molecular complexity index is 1710. The van der Waals surface area contributed by atoms with E-state index in [1.54, 1.807) is 26.9 Å². The van der Waals surface area contributed by atoms with Gasteiger partial charge >= 0.3 is 0 Å². The first-order valence-electron chi connectivity index (χ1n) is 17.1. The molecule has 3 aromatic rings. The van der Waals surface area contributed by atoms with Gasteiger partial charge in [-0.15, -0.1) is 13.2 Å². The van der Waals surface area contributed by atoms with Gasteiger partial charge in [0, 0.05) is 25.3 Å². The van der Waals surface area contributed by atoms with Crippen molar-refractivity contribution in [3.63, 3.8) is 0 Å². The number of rotatable bonds is 13. The smallest absolute Gasteiger partial charge is 0.253 e. The zero-order valence-electron chi connectivity index (χ0n) is 28.3. The van der Waals surface area contributed by atoms with E-state index in [-0.39, 0.29) is 36.8 Å².